The molecule has 0 spiro atoms. The third-order valence-electron chi connectivity index (χ3n) is 0.990. The van der Waals surface area contributed by atoms with Crippen molar-refractivity contribution in [1.29, 1.82) is 0 Å². The fourth-order valence-electron chi connectivity index (χ4n) is 0.530. The molecule has 0 saturated heterocycles. The third-order valence-corrected chi connectivity index (χ3v) is 0.990. The van der Waals surface area contributed by atoms with E-state index >= 15 is 0 Å². The summed E-state index contributed by atoms with van der Waals surface area (Å²) >= 11 is 0. The summed E-state index contributed by atoms with van der Waals surface area (Å²) in [5.41, 5.74) is 5.24. The summed E-state index contributed by atoms with van der Waals surface area (Å²) < 4.78 is 12.1. The van der Waals surface area contributed by atoms with E-state index in [2.05, 4.69) is 4.99 Å². The van der Waals surface area contributed by atoms with E-state index in [-0.39, 0.29) is 5.83 Å². The van der Waals surface area contributed by atoms with Gasteiger partial charge in [0, 0.05) is 12.8 Å². The highest BCUT2D eigenvalue weighted by atomic mass is 19.1. The molecule has 0 fully saturated rings. The molecule has 1 rings (SSSR count). The standard InChI is InChI=1S/C5H7FN2/c6-4-1-2-5(7)8-3-4/h3H,1-2H2,(H2,7,8). The predicted molar refractivity (Wildman–Crippen MR) is 30.0 cm³/mol. The number of aliphatic imine (C=N–C) groups is 1. The summed E-state index contributed by atoms with van der Waals surface area (Å²) in [7, 11) is 0. The Morgan fingerprint density at radius 2 is 2.38 bits per heavy atom. The van der Waals surface area contributed by atoms with Gasteiger partial charge < -0.3 is 5.73 Å². The third kappa shape index (κ3) is 1.05. The molecule has 1 aliphatic heterocycles. The van der Waals surface area contributed by atoms with Crippen LogP contribution in [0.4, 0.5) is 4.39 Å². The smallest absolute Gasteiger partial charge is 0.119 e. The van der Waals surface area contributed by atoms with Crippen molar-refractivity contribution < 1.29 is 4.39 Å². The second-order valence-electron chi connectivity index (χ2n) is 1.70. The molecule has 2 nitrogen and oxygen atoms in total. The van der Waals surface area contributed by atoms with Gasteiger partial charge >= 0.3 is 0 Å². The van der Waals surface area contributed by atoms with Crippen LogP contribution in [0.15, 0.2) is 17.0 Å². The number of nitrogens with two attached hydrogens (primary N) is 1. The lowest BCUT2D eigenvalue weighted by Gasteiger charge is -2.01. The number of nitrogens with zero attached hydrogens (tertiary/aromatic N) is 1. The zero-order chi connectivity index (χ0) is 5.98. The van der Waals surface area contributed by atoms with Crippen molar-refractivity contribution in [2.75, 3.05) is 0 Å². The maximum Gasteiger partial charge on any atom is 0.119 e. The highest BCUT2D eigenvalue weighted by Gasteiger charge is 2.01. The Hall–Kier alpha value is -0.860. The minimum atomic E-state index is -0.181. The van der Waals surface area contributed by atoms with Crippen LogP contribution in [0.1, 0.15) is 12.8 Å². The molecule has 1 heterocycles. The van der Waals surface area contributed by atoms with Crippen LogP contribution in [0.5, 0.6) is 0 Å². The van der Waals surface area contributed by atoms with Crippen LogP contribution >= 0.6 is 0 Å². The molecular weight excluding hydrogens is 107 g/mol. The molecule has 0 bridgehead atoms. The van der Waals surface area contributed by atoms with E-state index in [4.69, 9.17) is 5.73 Å². The van der Waals surface area contributed by atoms with E-state index < -0.39 is 0 Å². The zero-order valence-corrected chi connectivity index (χ0v) is 4.39. The highest BCUT2D eigenvalue weighted by molar-refractivity contribution is 5.81. The lowest BCUT2D eigenvalue weighted by Crippen LogP contribution is -2.12. The molecule has 0 radical (unpaired) electrons. The maximum absolute atomic E-state index is 12.1. The molecule has 0 aromatic heterocycles. The molecule has 0 amide bonds. The highest BCUT2D eigenvalue weighted by Crippen LogP contribution is 2.10. The van der Waals surface area contributed by atoms with Gasteiger partial charge in [0.1, 0.15) is 5.83 Å². The number of halogens is 1. The molecule has 0 saturated carbocycles. The molecule has 0 unspecified atom stereocenters. The van der Waals surface area contributed by atoms with Gasteiger partial charge in [-0.3, -0.25) is 0 Å². The molecule has 0 aromatic carbocycles. The van der Waals surface area contributed by atoms with Gasteiger partial charge in [0.05, 0.1) is 12.0 Å². The van der Waals surface area contributed by atoms with E-state index in [0.717, 1.165) is 0 Å². The lowest BCUT2D eigenvalue weighted by atomic mass is 10.2. The fraction of sp³-hybridized carbons (Fsp3) is 0.400. The van der Waals surface area contributed by atoms with Crippen LogP contribution in [0.25, 0.3) is 0 Å². The van der Waals surface area contributed by atoms with Crippen LogP contribution in [0.3, 0.4) is 0 Å². The Bertz CT molecular complexity index is 131. The topological polar surface area (TPSA) is 38.4 Å². The number of rotatable bonds is 0. The Labute approximate surface area is 46.9 Å². The molecule has 0 aromatic rings. The summed E-state index contributed by atoms with van der Waals surface area (Å²) in [5, 5.41) is 0. The second kappa shape index (κ2) is 1.94. The number of allylic oxidation sites excluding steroid dienone is 1. The normalized spacial score (nSPS) is 19.6. The molecule has 0 aliphatic carbocycles. The van der Waals surface area contributed by atoms with E-state index in [1.807, 2.05) is 0 Å². The van der Waals surface area contributed by atoms with Crippen molar-refractivity contribution >= 4 is 5.84 Å². The quantitative estimate of drug-likeness (QED) is 0.500. The Morgan fingerprint density at radius 3 is 2.75 bits per heavy atom. The zero-order valence-electron chi connectivity index (χ0n) is 4.39. The first-order chi connectivity index (χ1) is 3.79. The summed E-state index contributed by atoms with van der Waals surface area (Å²) in [6.45, 7) is 0. The van der Waals surface area contributed by atoms with Gasteiger partial charge in [0.15, 0.2) is 0 Å². The van der Waals surface area contributed by atoms with Crippen LogP contribution in [-0.2, 0) is 0 Å². The van der Waals surface area contributed by atoms with E-state index in [9.17, 15) is 4.39 Å². The Morgan fingerprint density at radius 1 is 1.62 bits per heavy atom. The maximum atomic E-state index is 12.1. The van der Waals surface area contributed by atoms with Gasteiger partial charge in [-0.1, -0.05) is 0 Å². The van der Waals surface area contributed by atoms with E-state index in [1.165, 1.54) is 6.20 Å². The summed E-state index contributed by atoms with van der Waals surface area (Å²) in [6.07, 6.45) is 2.14. The van der Waals surface area contributed by atoms with Crippen LogP contribution < -0.4 is 5.73 Å². The van der Waals surface area contributed by atoms with Crippen molar-refractivity contribution in [3.05, 3.63) is 12.0 Å². The first-order valence-electron chi connectivity index (χ1n) is 2.46. The monoisotopic (exact) mass is 114 g/mol. The van der Waals surface area contributed by atoms with E-state index in [0.29, 0.717) is 18.7 Å². The molecule has 44 valence electrons. The molecular formula is C5H7FN2. The number of hydrogen-bond acceptors (Lipinski definition) is 2. The van der Waals surface area contributed by atoms with Crippen molar-refractivity contribution in [2.45, 2.75) is 12.8 Å². The first kappa shape index (κ1) is 5.28. The fourth-order valence-corrected chi connectivity index (χ4v) is 0.530. The van der Waals surface area contributed by atoms with Crippen LogP contribution in [0.2, 0.25) is 0 Å². The molecule has 8 heavy (non-hydrogen) atoms. The van der Waals surface area contributed by atoms with Crippen molar-refractivity contribution in [1.82, 2.24) is 0 Å². The van der Waals surface area contributed by atoms with Crippen LogP contribution in [-0.4, -0.2) is 5.84 Å². The average Bonchev–Trinajstić information content (AvgIpc) is 1.77. The Balaban J connectivity index is 2.65. The largest absolute Gasteiger partial charge is 0.387 e. The second-order valence-corrected chi connectivity index (χ2v) is 1.70. The van der Waals surface area contributed by atoms with Gasteiger partial charge in [-0.15, -0.1) is 0 Å². The van der Waals surface area contributed by atoms with Gasteiger partial charge in [0.25, 0.3) is 0 Å². The number of amidine groups is 1. The van der Waals surface area contributed by atoms with Gasteiger partial charge in [-0.25, -0.2) is 9.38 Å². The SMILES string of the molecule is NC1=NC=C(F)CC1. The molecule has 3 heteroatoms. The predicted octanol–water partition coefficient (Wildman–Crippen LogP) is 0.948. The van der Waals surface area contributed by atoms with Crippen molar-refractivity contribution in [2.24, 2.45) is 10.7 Å². The molecule has 2 N–H and O–H groups in total. The van der Waals surface area contributed by atoms with Crippen molar-refractivity contribution in [3.63, 3.8) is 0 Å². The summed E-state index contributed by atoms with van der Waals surface area (Å²) in [5.74, 6) is 0.339. The Kier molecular flexibility index (Phi) is 1.28. The van der Waals surface area contributed by atoms with Gasteiger partial charge in [-0.2, -0.15) is 0 Å². The lowest BCUT2D eigenvalue weighted by molar-refractivity contribution is 0.586. The van der Waals surface area contributed by atoms with Crippen molar-refractivity contribution in [3.8, 4) is 0 Å². The first-order valence-corrected chi connectivity index (χ1v) is 2.46. The minimum absolute atomic E-state index is 0.181. The van der Waals surface area contributed by atoms with Gasteiger partial charge in [0.2, 0.25) is 0 Å². The average molecular weight is 114 g/mol. The minimum Gasteiger partial charge on any atom is -0.387 e. The van der Waals surface area contributed by atoms with Crippen LogP contribution in [0, 0.1) is 0 Å². The summed E-state index contributed by atoms with van der Waals surface area (Å²) in [6, 6.07) is 0. The molecule has 0 atom stereocenters. The number of hydrogen-bond donors (Lipinski definition) is 1. The molecule has 1 aliphatic rings. The van der Waals surface area contributed by atoms with E-state index in [1.54, 1.807) is 0 Å². The summed E-state index contributed by atoms with van der Waals surface area (Å²) in [4.78, 5) is 3.57. The van der Waals surface area contributed by atoms with Gasteiger partial charge in [-0.05, 0) is 0 Å².